The topological polar surface area (TPSA) is 105 Å². The molecule has 1 heterocycles. The molecule has 0 saturated heterocycles. The fourth-order valence-corrected chi connectivity index (χ4v) is 6.58. The monoisotopic (exact) mass is 499 g/mol. The van der Waals surface area contributed by atoms with Gasteiger partial charge in [-0.05, 0) is 90.9 Å². The highest BCUT2D eigenvalue weighted by Crippen LogP contribution is 2.48. The molecule has 2 atom stereocenters. The van der Waals surface area contributed by atoms with Gasteiger partial charge in [-0.25, -0.2) is 0 Å². The van der Waals surface area contributed by atoms with Gasteiger partial charge in [-0.15, -0.1) is 10.2 Å². The summed E-state index contributed by atoms with van der Waals surface area (Å²) in [7, 11) is 0. The van der Waals surface area contributed by atoms with Gasteiger partial charge in [-0.3, -0.25) is 0 Å². The summed E-state index contributed by atoms with van der Waals surface area (Å²) < 4.78 is 0. The predicted octanol–water partition coefficient (Wildman–Crippen LogP) is 4.23. The van der Waals surface area contributed by atoms with Crippen LogP contribution in [0.1, 0.15) is 85.2 Å². The van der Waals surface area contributed by atoms with E-state index in [1.165, 1.54) is 53.5 Å². The highest BCUT2D eigenvalue weighted by Gasteiger charge is 2.46. The van der Waals surface area contributed by atoms with Crippen molar-refractivity contribution in [3.8, 4) is 0 Å². The number of H-pyrrole nitrogens is 1. The second-order valence-corrected chi connectivity index (χ2v) is 10.7. The zero-order chi connectivity index (χ0) is 25.8. The van der Waals surface area contributed by atoms with Crippen LogP contribution in [0.2, 0.25) is 0 Å². The SMILES string of the molecule is C=C(NCC)c1ccc2c(c1)CCc1cc(CNCC)ccc1C2(C[C@H](N)C1CCCC1)c1nn[nH]n1. The number of nitrogens with zero attached hydrogens (tertiary/aromatic N) is 3. The normalized spacial score (nSPS) is 20.2. The van der Waals surface area contributed by atoms with E-state index in [4.69, 9.17) is 5.73 Å². The molecule has 0 radical (unpaired) electrons. The van der Waals surface area contributed by atoms with E-state index in [1.54, 1.807) is 0 Å². The molecule has 37 heavy (non-hydrogen) atoms. The van der Waals surface area contributed by atoms with Gasteiger partial charge in [-0.1, -0.05) is 61.9 Å². The maximum absolute atomic E-state index is 7.06. The van der Waals surface area contributed by atoms with Crippen LogP contribution in [0.5, 0.6) is 0 Å². The van der Waals surface area contributed by atoms with Crippen LogP contribution < -0.4 is 16.4 Å². The van der Waals surface area contributed by atoms with E-state index in [2.05, 4.69) is 88.1 Å². The fraction of sp³-hybridized carbons (Fsp3) is 0.500. The molecule has 5 N–H and O–H groups in total. The van der Waals surface area contributed by atoms with E-state index in [9.17, 15) is 0 Å². The van der Waals surface area contributed by atoms with Crippen molar-refractivity contribution < 1.29 is 0 Å². The zero-order valence-corrected chi connectivity index (χ0v) is 22.3. The number of tetrazole rings is 1. The van der Waals surface area contributed by atoms with Crippen LogP contribution in [0.4, 0.5) is 0 Å². The molecule has 1 fully saturated rings. The van der Waals surface area contributed by atoms with E-state index in [0.29, 0.717) is 11.7 Å². The predicted molar refractivity (Wildman–Crippen MR) is 149 cm³/mol. The Bertz CT molecular complexity index is 1210. The lowest BCUT2D eigenvalue weighted by atomic mass is 9.66. The van der Waals surface area contributed by atoms with Crippen LogP contribution in [0, 0.1) is 5.92 Å². The molecule has 1 saturated carbocycles. The number of rotatable bonds is 10. The minimum Gasteiger partial charge on any atom is -0.385 e. The highest BCUT2D eigenvalue weighted by molar-refractivity contribution is 5.65. The Morgan fingerprint density at radius 2 is 1.81 bits per heavy atom. The van der Waals surface area contributed by atoms with Gasteiger partial charge in [-0.2, -0.15) is 5.21 Å². The van der Waals surface area contributed by atoms with Gasteiger partial charge >= 0.3 is 0 Å². The summed E-state index contributed by atoms with van der Waals surface area (Å²) in [6, 6.07) is 13.7. The van der Waals surface area contributed by atoms with Gasteiger partial charge in [0.1, 0.15) is 0 Å². The average molecular weight is 500 g/mol. The van der Waals surface area contributed by atoms with Crippen molar-refractivity contribution in [2.75, 3.05) is 13.1 Å². The van der Waals surface area contributed by atoms with Crippen molar-refractivity contribution in [2.45, 2.75) is 76.8 Å². The van der Waals surface area contributed by atoms with E-state index < -0.39 is 5.41 Å². The smallest absolute Gasteiger partial charge is 0.189 e. The lowest BCUT2D eigenvalue weighted by Crippen LogP contribution is -2.42. The average Bonchev–Trinajstić information content (AvgIpc) is 3.63. The van der Waals surface area contributed by atoms with Crippen molar-refractivity contribution in [3.63, 3.8) is 0 Å². The van der Waals surface area contributed by atoms with Crippen molar-refractivity contribution in [2.24, 2.45) is 11.7 Å². The zero-order valence-electron chi connectivity index (χ0n) is 22.3. The van der Waals surface area contributed by atoms with E-state index in [0.717, 1.165) is 50.2 Å². The van der Waals surface area contributed by atoms with Crippen LogP contribution in [-0.4, -0.2) is 39.8 Å². The number of aromatic nitrogens is 4. The first-order valence-electron chi connectivity index (χ1n) is 14.0. The maximum atomic E-state index is 7.06. The molecule has 2 aromatic carbocycles. The third kappa shape index (κ3) is 4.94. The number of aryl methyl sites for hydroxylation is 2. The Morgan fingerprint density at radius 3 is 2.49 bits per heavy atom. The standard InChI is InChI=1S/C30H41N7/c1-4-32-19-21-10-14-26-24(16-21)11-12-25-17-23(20(3)33-5-2)13-15-27(25)30(26,29-34-36-37-35-29)18-28(31)22-8-6-7-9-22/h10,13-17,22,28,32-33H,3-9,11-12,18-19,31H2,1-2H3,(H,34,35,36,37)/t28-,30?/m0/s1. The van der Waals surface area contributed by atoms with Gasteiger partial charge in [0, 0.05) is 24.8 Å². The first kappa shape index (κ1) is 25.6. The minimum absolute atomic E-state index is 0.0534. The van der Waals surface area contributed by atoms with E-state index in [1.807, 2.05) is 0 Å². The molecular formula is C30H41N7. The molecule has 0 aliphatic heterocycles. The van der Waals surface area contributed by atoms with Crippen molar-refractivity contribution in [1.29, 1.82) is 0 Å². The Kier molecular flexibility index (Phi) is 7.72. The van der Waals surface area contributed by atoms with Gasteiger partial charge in [0.15, 0.2) is 5.82 Å². The molecule has 7 heteroatoms. The Hall–Kier alpha value is -3.03. The number of hydrogen-bond acceptors (Lipinski definition) is 6. The van der Waals surface area contributed by atoms with Crippen LogP contribution >= 0.6 is 0 Å². The second-order valence-electron chi connectivity index (χ2n) is 10.7. The third-order valence-corrected chi connectivity index (χ3v) is 8.45. The summed E-state index contributed by atoms with van der Waals surface area (Å²) in [5.41, 5.74) is 15.0. The molecule has 0 spiro atoms. The molecule has 0 bridgehead atoms. The first-order chi connectivity index (χ1) is 18.1. The summed E-state index contributed by atoms with van der Waals surface area (Å²) >= 11 is 0. The van der Waals surface area contributed by atoms with Crippen molar-refractivity contribution in [1.82, 2.24) is 31.3 Å². The van der Waals surface area contributed by atoms with Gasteiger partial charge in [0.05, 0.1) is 5.41 Å². The molecular weight excluding hydrogens is 458 g/mol. The number of aromatic amines is 1. The molecule has 5 rings (SSSR count). The van der Waals surface area contributed by atoms with Crippen LogP contribution in [0.25, 0.3) is 5.70 Å². The molecule has 196 valence electrons. The number of hydrogen-bond donors (Lipinski definition) is 4. The highest BCUT2D eigenvalue weighted by atomic mass is 15.5. The third-order valence-electron chi connectivity index (χ3n) is 8.45. The summed E-state index contributed by atoms with van der Waals surface area (Å²) in [5.74, 6) is 1.24. The van der Waals surface area contributed by atoms with Crippen LogP contribution in [-0.2, 0) is 24.8 Å². The van der Waals surface area contributed by atoms with Crippen molar-refractivity contribution in [3.05, 3.63) is 82.2 Å². The number of fused-ring (bicyclic) bond motifs is 2. The summed E-state index contributed by atoms with van der Waals surface area (Å²) in [4.78, 5) is 0. The Morgan fingerprint density at radius 1 is 1.08 bits per heavy atom. The van der Waals surface area contributed by atoms with Crippen molar-refractivity contribution >= 4 is 5.70 Å². The van der Waals surface area contributed by atoms with Gasteiger partial charge in [0.2, 0.25) is 0 Å². The molecule has 2 aliphatic rings. The molecule has 0 amide bonds. The Labute approximate surface area is 220 Å². The van der Waals surface area contributed by atoms with Gasteiger partial charge in [0.25, 0.3) is 0 Å². The molecule has 7 nitrogen and oxygen atoms in total. The fourth-order valence-electron chi connectivity index (χ4n) is 6.58. The number of benzene rings is 2. The van der Waals surface area contributed by atoms with E-state index in [-0.39, 0.29) is 6.04 Å². The maximum Gasteiger partial charge on any atom is 0.189 e. The van der Waals surface area contributed by atoms with Crippen LogP contribution in [0.3, 0.4) is 0 Å². The number of nitrogens with two attached hydrogens (primary N) is 1. The molecule has 3 aromatic rings. The minimum atomic E-state index is -0.565. The van der Waals surface area contributed by atoms with Gasteiger partial charge < -0.3 is 16.4 Å². The first-order valence-corrected chi connectivity index (χ1v) is 14.0. The lowest BCUT2D eigenvalue weighted by molar-refractivity contribution is 0.354. The molecule has 1 aromatic heterocycles. The van der Waals surface area contributed by atoms with E-state index >= 15 is 0 Å². The number of nitrogens with one attached hydrogen (secondary N) is 3. The quantitative estimate of drug-likeness (QED) is 0.333. The summed E-state index contributed by atoms with van der Waals surface area (Å²) in [6.07, 6.45) is 7.60. The lowest BCUT2D eigenvalue weighted by Gasteiger charge is -2.37. The van der Waals surface area contributed by atoms with Crippen LogP contribution in [0.15, 0.2) is 43.0 Å². The Balaban J connectivity index is 1.70. The largest absolute Gasteiger partial charge is 0.385 e. The summed E-state index contributed by atoms with van der Waals surface area (Å²) in [6.45, 7) is 11.2. The molecule has 2 aliphatic carbocycles. The summed E-state index contributed by atoms with van der Waals surface area (Å²) in [5, 5.41) is 22.9. The molecule has 1 unspecified atom stereocenters. The second kappa shape index (κ2) is 11.2.